The van der Waals surface area contributed by atoms with Gasteiger partial charge in [-0.3, -0.25) is 10.1 Å². The molecule has 0 heterocycles. The smallest absolute Gasteiger partial charge is 0.423 e. The Labute approximate surface area is 116 Å². The number of alkyl halides is 6. The van der Waals surface area contributed by atoms with Crippen LogP contribution < -0.4 is 0 Å². The highest BCUT2D eigenvalue weighted by Crippen LogP contribution is 2.45. The first kappa shape index (κ1) is 17.7. The van der Waals surface area contributed by atoms with E-state index in [0.29, 0.717) is 0 Å². The minimum Gasteiger partial charge on any atom is -0.479 e. The predicted octanol–water partition coefficient (Wildman–Crippen LogP) is 2.75. The van der Waals surface area contributed by atoms with Crippen molar-refractivity contribution in [2.45, 2.75) is 18.5 Å². The Bertz CT molecular complexity index is 623. The number of rotatable bonds is 3. The highest BCUT2D eigenvalue weighted by molar-refractivity contribution is 5.77. The van der Waals surface area contributed by atoms with E-state index in [1.807, 2.05) is 0 Å². The van der Waals surface area contributed by atoms with Crippen LogP contribution in [0.3, 0.4) is 0 Å². The fourth-order valence-electron chi connectivity index (χ4n) is 1.68. The Kier molecular flexibility index (Phi) is 4.37. The largest absolute Gasteiger partial charge is 0.479 e. The molecule has 0 aromatic heterocycles. The molecule has 1 atom stereocenters. The molecule has 6 nitrogen and oxygen atoms in total. The molecule has 0 bridgehead atoms. The van der Waals surface area contributed by atoms with Crippen LogP contribution in [0.1, 0.15) is 22.8 Å². The minimum absolute atomic E-state index is 0.169. The Hall–Kier alpha value is -2.37. The van der Waals surface area contributed by atoms with E-state index in [1.165, 1.54) is 0 Å². The van der Waals surface area contributed by atoms with Crippen LogP contribution in [-0.2, 0) is 17.1 Å². The molecule has 0 saturated heterocycles. The summed E-state index contributed by atoms with van der Waals surface area (Å²) in [6.45, 7) is 0. The van der Waals surface area contributed by atoms with E-state index in [2.05, 4.69) is 0 Å². The number of benzene rings is 1. The minimum atomic E-state index is -5.42. The van der Waals surface area contributed by atoms with Gasteiger partial charge in [-0.15, -0.1) is 0 Å². The van der Waals surface area contributed by atoms with Crippen LogP contribution in [0.2, 0.25) is 0 Å². The highest BCUT2D eigenvalue weighted by Gasteiger charge is 2.47. The standard InChI is InChI=1S/C10H5F6NO5/c11-9(12,13)3-1-2-4(10(14,15)16)6(17(21)22)5(3)7(18)8(19)20/h1-2,7,18H,(H,19,20). The molecule has 1 unspecified atom stereocenters. The van der Waals surface area contributed by atoms with Gasteiger partial charge < -0.3 is 10.2 Å². The molecule has 0 aliphatic rings. The van der Waals surface area contributed by atoms with Gasteiger partial charge in [0.05, 0.1) is 16.1 Å². The SMILES string of the molecule is O=C(O)C(O)c1c(C(F)(F)F)ccc(C(F)(F)F)c1[N+](=O)[O-]. The van der Waals surface area contributed by atoms with Gasteiger partial charge in [0.15, 0.2) is 6.10 Å². The summed E-state index contributed by atoms with van der Waals surface area (Å²) in [4.78, 5) is 19.5. The van der Waals surface area contributed by atoms with Crippen molar-refractivity contribution >= 4 is 11.7 Å². The number of halogens is 6. The molecule has 0 amide bonds. The number of nitrogens with zero attached hydrogens (tertiary/aromatic N) is 1. The Morgan fingerprint density at radius 2 is 1.50 bits per heavy atom. The zero-order valence-corrected chi connectivity index (χ0v) is 10.1. The monoisotopic (exact) mass is 333 g/mol. The van der Waals surface area contributed by atoms with Gasteiger partial charge in [-0.25, -0.2) is 4.79 Å². The molecule has 1 aromatic rings. The van der Waals surface area contributed by atoms with Crippen molar-refractivity contribution in [1.82, 2.24) is 0 Å². The second-order valence-corrected chi connectivity index (χ2v) is 3.92. The van der Waals surface area contributed by atoms with Crippen molar-refractivity contribution in [3.05, 3.63) is 38.9 Å². The van der Waals surface area contributed by atoms with Gasteiger partial charge in [0.25, 0.3) is 5.69 Å². The van der Waals surface area contributed by atoms with Crippen molar-refractivity contribution in [3.63, 3.8) is 0 Å². The molecule has 0 spiro atoms. The van der Waals surface area contributed by atoms with Crippen molar-refractivity contribution in [2.24, 2.45) is 0 Å². The summed E-state index contributed by atoms with van der Waals surface area (Å²) < 4.78 is 76.2. The second kappa shape index (κ2) is 5.44. The first-order valence-electron chi connectivity index (χ1n) is 5.15. The number of carboxylic acid groups (broad SMARTS) is 1. The Morgan fingerprint density at radius 1 is 1.09 bits per heavy atom. The molecule has 1 rings (SSSR count). The van der Waals surface area contributed by atoms with E-state index in [1.54, 1.807) is 0 Å². The Morgan fingerprint density at radius 3 is 1.82 bits per heavy atom. The van der Waals surface area contributed by atoms with Crippen LogP contribution in [0.25, 0.3) is 0 Å². The van der Waals surface area contributed by atoms with Crippen molar-refractivity contribution < 1.29 is 46.3 Å². The molecule has 0 aliphatic heterocycles. The lowest BCUT2D eigenvalue weighted by Crippen LogP contribution is -2.22. The number of nitro groups is 1. The summed E-state index contributed by atoms with van der Waals surface area (Å²) in [6.07, 6.45) is -14.0. The van der Waals surface area contributed by atoms with Gasteiger partial charge in [0.2, 0.25) is 0 Å². The summed E-state index contributed by atoms with van der Waals surface area (Å²) in [5.74, 6) is -2.37. The van der Waals surface area contributed by atoms with Crippen LogP contribution in [-0.4, -0.2) is 21.1 Å². The molecule has 2 N–H and O–H groups in total. The fraction of sp³-hybridized carbons (Fsp3) is 0.300. The van der Waals surface area contributed by atoms with Crippen molar-refractivity contribution in [2.75, 3.05) is 0 Å². The summed E-state index contributed by atoms with van der Waals surface area (Å²) in [7, 11) is 0. The third-order valence-electron chi connectivity index (χ3n) is 2.52. The topological polar surface area (TPSA) is 101 Å². The van der Waals surface area contributed by atoms with E-state index in [0.717, 1.165) is 0 Å². The molecule has 0 saturated carbocycles. The molecular formula is C10H5F6NO5. The summed E-state index contributed by atoms with van der Waals surface area (Å²) in [6, 6.07) is -0.365. The second-order valence-electron chi connectivity index (χ2n) is 3.92. The normalized spacial score (nSPS) is 13.8. The van der Waals surface area contributed by atoms with Gasteiger partial charge >= 0.3 is 18.3 Å². The van der Waals surface area contributed by atoms with Crippen molar-refractivity contribution in [1.29, 1.82) is 0 Å². The van der Waals surface area contributed by atoms with Crippen LogP contribution in [0.15, 0.2) is 12.1 Å². The first-order valence-corrected chi connectivity index (χ1v) is 5.15. The molecule has 122 valence electrons. The molecule has 0 aliphatic carbocycles. The van der Waals surface area contributed by atoms with E-state index in [4.69, 9.17) is 5.11 Å². The molecule has 22 heavy (non-hydrogen) atoms. The maximum absolute atomic E-state index is 12.7. The number of nitro benzene ring substituents is 1. The van der Waals surface area contributed by atoms with Crippen LogP contribution in [0.5, 0.6) is 0 Å². The summed E-state index contributed by atoms with van der Waals surface area (Å²) in [5.41, 5.74) is -8.26. The van der Waals surface area contributed by atoms with Gasteiger partial charge in [-0.2, -0.15) is 26.3 Å². The number of carbonyl (C=O) groups is 1. The number of hydrogen-bond donors (Lipinski definition) is 2. The van der Waals surface area contributed by atoms with Crippen LogP contribution in [0.4, 0.5) is 32.0 Å². The first-order chi connectivity index (χ1) is 9.78. The zero-order valence-electron chi connectivity index (χ0n) is 10.1. The van der Waals surface area contributed by atoms with E-state index in [9.17, 15) is 46.4 Å². The lowest BCUT2D eigenvalue weighted by molar-refractivity contribution is -0.389. The molecule has 0 fully saturated rings. The number of carboxylic acids is 1. The maximum atomic E-state index is 12.7. The van der Waals surface area contributed by atoms with Gasteiger partial charge in [0, 0.05) is 0 Å². The third kappa shape index (κ3) is 3.27. The number of aliphatic hydroxyl groups is 1. The number of hydrogen-bond acceptors (Lipinski definition) is 4. The fourth-order valence-corrected chi connectivity index (χ4v) is 1.68. The summed E-state index contributed by atoms with van der Waals surface area (Å²) in [5, 5.41) is 28.4. The summed E-state index contributed by atoms with van der Waals surface area (Å²) >= 11 is 0. The molecule has 1 aromatic carbocycles. The van der Waals surface area contributed by atoms with Crippen molar-refractivity contribution in [3.8, 4) is 0 Å². The third-order valence-corrected chi connectivity index (χ3v) is 2.52. The molecule has 12 heteroatoms. The lowest BCUT2D eigenvalue weighted by Gasteiger charge is -2.18. The molecular weight excluding hydrogens is 328 g/mol. The van der Waals surface area contributed by atoms with Gasteiger partial charge in [-0.1, -0.05) is 0 Å². The Balaban J connectivity index is 3.92. The highest BCUT2D eigenvalue weighted by atomic mass is 19.4. The van der Waals surface area contributed by atoms with Crippen LogP contribution in [0, 0.1) is 10.1 Å². The van der Waals surface area contributed by atoms with Crippen LogP contribution >= 0.6 is 0 Å². The zero-order chi connectivity index (χ0) is 17.5. The molecule has 0 radical (unpaired) electrons. The maximum Gasteiger partial charge on any atom is 0.423 e. The predicted molar refractivity (Wildman–Crippen MR) is 55.7 cm³/mol. The lowest BCUT2D eigenvalue weighted by atomic mass is 9.95. The number of aliphatic carboxylic acids is 1. The van der Waals surface area contributed by atoms with Gasteiger partial charge in [0.1, 0.15) is 5.56 Å². The quantitative estimate of drug-likeness (QED) is 0.503. The number of aliphatic hydroxyl groups excluding tert-OH is 1. The average molecular weight is 333 g/mol. The average Bonchev–Trinajstić information content (AvgIpc) is 2.33. The van der Waals surface area contributed by atoms with E-state index in [-0.39, 0.29) is 12.1 Å². The van der Waals surface area contributed by atoms with E-state index >= 15 is 0 Å². The van der Waals surface area contributed by atoms with Gasteiger partial charge in [-0.05, 0) is 12.1 Å². The van der Waals surface area contributed by atoms with E-state index < -0.39 is 51.7 Å².